The normalized spacial score (nSPS) is 16.4. The van der Waals surface area contributed by atoms with Gasteiger partial charge in [-0.1, -0.05) is 282 Å². The molecule has 2 nitrogen and oxygen atoms in total. The van der Waals surface area contributed by atoms with Gasteiger partial charge in [0, 0.05) is 27.0 Å². The minimum Gasteiger partial charge on any atom is -0.456 e. The van der Waals surface area contributed by atoms with E-state index >= 15 is 0 Å². The molecule has 424 valence electrons. The SMILES string of the molecule is C.[2H]c1c([2H])c([2H])c2c(-c3c([2H])c4c([2H])c([2H])c([2H])c([2H])c4c4c([2H])c([2H])c([2H])c([2H])c34)c3c([2H])c([2H])c([2H])c([2H])c3c(-c3ccc4oc5ccccc5c4c3)c2c1[2H].[2H]c1c([2H])c([2H])c2c(-c3ccc4c(c3)C(C)(C)c3ccccc3-4)c3c([2H])c([2H])c([2H])c([2H])c3c(-c3ccc(-c4cccc5oc6ccccc6c45)cc3)c2c1[2H]. The molecular formula is C88H60O2. The Labute approximate surface area is 557 Å². The van der Waals surface area contributed by atoms with E-state index in [9.17, 15) is 13.7 Å². The third-order valence-corrected chi connectivity index (χ3v) is 17.5. The van der Waals surface area contributed by atoms with Crippen LogP contribution in [-0.4, -0.2) is 0 Å². The Kier molecular flexibility index (Phi) is 7.61. The van der Waals surface area contributed by atoms with Crippen LogP contribution < -0.4 is 0 Å². The van der Waals surface area contributed by atoms with Gasteiger partial charge in [0.05, 0.1) is 34.3 Å². The van der Waals surface area contributed by atoms with Crippen LogP contribution in [0.15, 0.2) is 312 Å². The van der Waals surface area contributed by atoms with Gasteiger partial charge in [-0.15, -0.1) is 0 Å². The van der Waals surface area contributed by atoms with Crippen molar-refractivity contribution in [3.05, 3.63) is 314 Å². The maximum absolute atomic E-state index is 9.72. The zero-order valence-corrected chi connectivity index (χ0v) is 47.3. The number of hydrogen-bond donors (Lipinski definition) is 0. The van der Waals surface area contributed by atoms with Crippen LogP contribution in [0.25, 0.3) is 175 Å². The fourth-order valence-electron chi connectivity index (χ4n) is 13.6. The molecule has 0 unspecified atom stereocenters. The molecule has 0 radical (unpaired) electrons. The average Bonchev–Trinajstić information content (AvgIpc) is 1.35. The lowest BCUT2D eigenvalue weighted by atomic mass is 9.80. The molecule has 19 rings (SSSR count). The molecule has 18 aromatic rings. The second-order valence-corrected chi connectivity index (χ2v) is 22.6. The van der Waals surface area contributed by atoms with E-state index in [0.717, 1.165) is 49.8 Å². The van der Waals surface area contributed by atoms with Crippen LogP contribution in [-0.2, 0) is 5.41 Å². The summed E-state index contributed by atoms with van der Waals surface area (Å²) in [5.41, 5.74) is 9.61. The Morgan fingerprint density at radius 1 is 0.278 bits per heavy atom. The predicted molar refractivity (Wildman–Crippen MR) is 384 cm³/mol. The molecule has 2 heteroatoms. The fraction of sp³-hybridized carbons (Fsp3) is 0.0455. The molecule has 2 aromatic heterocycles. The molecule has 0 amide bonds. The fourth-order valence-corrected chi connectivity index (χ4v) is 13.6. The van der Waals surface area contributed by atoms with E-state index in [4.69, 9.17) is 29.4 Å². The molecule has 1 aliphatic carbocycles. The van der Waals surface area contributed by atoms with Gasteiger partial charge in [0.15, 0.2) is 0 Å². The molecule has 90 heavy (non-hydrogen) atoms. The Hall–Kier alpha value is -11.3. The highest BCUT2D eigenvalue weighted by atomic mass is 16.3. The minimum atomic E-state index is -0.784. The third kappa shape index (κ3) is 8.04. The molecule has 2 heterocycles. The quantitative estimate of drug-likeness (QED) is 0.127. The molecule has 0 fully saturated rings. The molecule has 0 spiro atoms. The molecule has 0 aliphatic heterocycles. The summed E-state index contributed by atoms with van der Waals surface area (Å²) in [5, 5.41) is 1.18. The summed E-state index contributed by atoms with van der Waals surface area (Å²) in [7, 11) is 0. The minimum absolute atomic E-state index is 0. The molecule has 0 saturated carbocycles. The number of rotatable bonds is 5. The van der Waals surface area contributed by atoms with Crippen molar-refractivity contribution in [3.63, 3.8) is 0 Å². The summed E-state index contributed by atoms with van der Waals surface area (Å²) >= 11 is 0. The summed E-state index contributed by atoms with van der Waals surface area (Å²) in [6.45, 7) is 4.30. The standard InChI is InChI=1S/C47H32O.C40H24O.CH4/c1-47(2)40-19-9-7-12-33(40)34-27-26-31(28-41(34)47)45-37-15-5-3-13-35(37)44(36-14-4-6-16-38(36)45)30-24-22-29(23-25-30)32-18-11-21-43-46(32)39-17-8-10-20-42(39)48-43;1-2-12-27-25(11-1)23-36(29-14-4-3-13-28(27)29)40-33-18-7-5-16-31(33)39(32-17-6-8-19-34(32)40)26-21-22-38-35(24-26)30-15-9-10-20-37(30)41-38;/h3-28H,1-2H3;1-24H;1H4/i3D,4D,5D,6D,13D,14D,15D,16D;1D,2D,3D,4D,5D,6D,7D,8D,11D,12D,13D,14D,16D,17D,18D,19D,23D;. The Bertz CT molecular complexity index is 7350. The largest absolute Gasteiger partial charge is 0.456 e. The van der Waals surface area contributed by atoms with Crippen molar-refractivity contribution < 1.29 is 43.1 Å². The van der Waals surface area contributed by atoms with Gasteiger partial charge < -0.3 is 8.83 Å². The van der Waals surface area contributed by atoms with Crippen molar-refractivity contribution in [2.75, 3.05) is 0 Å². The van der Waals surface area contributed by atoms with E-state index in [1.807, 2.05) is 103 Å². The highest BCUT2D eigenvalue weighted by Crippen LogP contribution is 2.53. The van der Waals surface area contributed by atoms with Crippen molar-refractivity contribution in [2.24, 2.45) is 0 Å². The summed E-state index contributed by atoms with van der Waals surface area (Å²) in [6, 6.07) is 32.8. The Morgan fingerprint density at radius 3 is 1.34 bits per heavy atom. The van der Waals surface area contributed by atoms with Crippen molar-refractivity contribution in [3.8, 4) is 66.8 Å². The van der Waals surface area contributed by atoms with Gasteiger partial charge in [0.2, 0.25) is 0 Å². The van der Waals surface area contributed by atoms with Crippen LogP contribution in [0.2, 0.25) is 0 Å². The number of furan rings is 2. The van der Waals surface area contributed by atoms with Gasteiger partial charge in [-0.2, -0.15) is 0 Å². The highest BCUT2D eigenvalue weighted by Gasteiger charge is 2.35. The Balaban J connectivity index is 0.000000164. The maximum atomic E-state index is 9.72. The summed E-state index contributed by atoms with van der Waals surface area (Å²) in [6.07, 6.45) is 0. The van der Waals surface area contributed by atoms with E-state index in [-0.39, 0.29) is 91.2 Å². The molecule has 0 bridgehead atoms. The highest BCUT2D eigenvalue weighted by molar-refractivity contribution is 6.27. The smallest absolute Gasteiger partial charge is 0.136 e. The van der Waals surface area contributed by atoms with Crippen molar-refractivity contribution >= 4 is 109 Å². The van der Waals surface area contributed by atoms with Crippen molar-refractivity contribution in [2.45, 2.75) is 26.7 Å². The maximum Gasteiger partial charge on any atom is 0.136 e. The summed E-state index contributed by atoms with van der Waals surface area (Å²) < 4.78 is 238. The summed E-state index contributed by atoms with van der Waals surface area (Å²) in [5.74, 6) is 0. The zero-order valence-electron chi connectivity index (χ0n) is 72.3. The molecule has 1 aliphatic rings. The van der Waals surface area contributed by atoms with Crippen molar-refractivity contribution in [1.82, 2.24) is 0 Å². The van der Waals surface area contributed by atoms with E-state index in [1.165, 1.54) is 5.56 Å². The molecule has 0 saturated heterocycles. The molecule has 0 N–H and O–H groups in total. The molecule has 0 atom stereocenters. The number of para-hydroxylation sites is 2. The van der Waals surface area contributed by atoms with Gasteiger partial charge in [-0.05, 0) is 185 Å². The van der Waals surface area contributed by atoms with Crippen LogP contribution in [0.4, 0.5) is 0 Å². The first-order valence-corrected chi connectivity index (χ1v) is 28.8. The van der Waals surface area contributed by atoms with Gasteiger partial charge >= 0.3 is 0 Å². The zero-order chi connectivity index (χ0) is 80.7. The molecular weight excluding hydrogens is 1090 g/mol. The third-order valence-electron chi connectivity index (χ3n) is 17.5. The van der Waals surface area contributed by atoms with Crippen LogP contribution in [0.5, 0.6) is 0 Å². The number of fused-ring (bicyclic) bond motifs is 16. The first kappa shape index (κ1) is 33.1. The van der Waals surface area contributed by atoms with Gasteiger partial charge in [0.25, 0.3) is 0 Å². The topological polar surface area (TPSA) is 26.3 Å². The lowest BCUT2D eigenvalue weighted by molar-refractivity contribution is 0.660. The number of hydrogen-bond acceptors (Lipinski definition) is 2. The monoisotopic (exact) mass is 1170 g/mol. The van der Waals surface area contributed by atoms with E-state index in [0.29, 0.717) is 44.2 Å². The Morgan fingerprint density at radius 2 is 0.700 bits per heavy atom. The van der Waals surface area contributed by atoms with E-state index in [2.05, 4.69) is 26.0 Å². The lowest BCUT2D eigenvalue weighted by Crippen LogP contribution is -2.14. The van der Waals surface area contributed by atoms with E-state index in [1.54, 1.807) is 36.4 Å². The lowest BCUT2D eigenvalue weighted by Gasteiger charge is -2.23. The number of benzene rings is 16. The van der Waals surface area contributed by atoms with Crippen LogP contribution >= 0.6 is 0 Å². The van der Waals surface area contributed by atoms with Crippen molar-refractivity contribution in [1.29, 1.82) is 0 Å². The van der Waals surface area contributed by atoms with Gasteiger partial charge in [-0.25, -0.2) is 0 Å². The van der Waals surface area contributed by atoms with Gasteiger partial charge in [0.1, 0.15) is 22.3 Å². The van der Waals surface area contributed by atoms with E-state index < -0.39 is 160 Å². The first-order chi connectivity index (χ1) is 54.3. The predicted octanol–water partition coefficient (Wildman–Crippen LogP) is 25.4. The van der Waals surface area contributed by atoms with Crippen LogP contribution in [0, 0.1) is 0 Å². The molecule has 16 aromatic carbocycles. The average molecular weight is 1170 g/mol. The van der Waals surface area contributed by atoms with Gasteiger partial charge in [-0.3, -0.25) is 0 Å². The second kappa shape index (κ2) is 20.7. The summed E-state index contributed by atoms with van der Waals surface area (Å²) in [4.78, 5) is 0. The second-order valence-electron chi connectivity index (χ2n) is 22.6. The van der Waals surface area contributed by atoms with Crippen LogP contribution in [0.3, 0.4) is 0 Å². The first-order valence-electron chi connectivity index (χ1n) is 41.3. The van der Waals surface area contributed by atoms with Crippen LogP contribution in [0.1, 0.15) is 66.7 Å².